The van der Waals surface area contributed by atoms with E-state index in [1.807, 2.05) is 0 Å². The van der Waals surface area contributed by atoms with Crippen LogP contribution in [-0.2, 0) is 14.3 Å². The molecule has 0 bridgehead atoms. The Morgan fingerprint density at radius 1 is 1.47 bits per heavy atom. The van der Waals surface area contributed by atoms with Crippen molar-refractivity contribution in [1.82, 2.24) is 10.6 Å². The first-order chi connectivity index (χ1) is 7.26. The fraction of sp³-hybridized carbons (Fsp3) is 0.900. The summed E-state index contributed by atoms with van der Waals surface area (Å²) in [5.41, 5.74) is 0.0791. The van der Waals surface area contributed by atoms with Gasteiger partial charge in [-0.2, -0.15) is 0 Å². The van der Waals surface area contributed by atoms with Crippen LogP contribution in [0.25, 0.3) is 0 Å². The second kappa shape index (κ2) is 4.47. The van der Waals surface area contributed by atoms with Crippen LogP contribution in [0, 0.1) is 0 Å². The van der Waals surface area contributed by atoms with E-state index in [-0.39, 0.29) is 11.5 Å². The molecule has 0 aromatic heterocycles. The summed E-state index contributed by atoms with van der Waals surface area (Å²) in [6.07, 6.45) is 1.68. The molecule has 1 atom stereocenters. The molecule has 0 amide bonds. The van der Waals surface area contributed by atoms with Crippen molar-refractivity contribution in [2.24, 2.45) is 0 Å². The quantitative estimate of drug-likeness (QED) is 0.564. The first kappa shape index (κ1) is 10.9. The Balaban J connectivity index is 1.88. The standard InChI is InChI=1S/C10H18N2O3/c1-14-9(13)8-6-12-10(7-15-8)2-4-11-5-3-10/h8,11-12H,2-7H2,1H3. The van der Waals surface area contributed by atoms with Crippen LogP contribution in [0.4, 0.5) is 0 Å². The third kappa shape index (κ3) is 2.30. The van der Waals surface area contributed by atoms with Crippen molar-refractivity contribution in [2.45, 2.75) is 24.5 Å². The predicted octanol–water partition coefficient (Wildman–Crippen LogP) is -0.730. The summed E-state index contributed by atoms with van der Waals surface area (Å²) in [7, 11) is 1.39. The van der Waals surface area contributed by atoms with Crippen molar-refractivity contribution in [2.75, 3.05) is 33.4 Å². The van der Waals surface area contributed by atoms with Gasteiger partial charge in [-0.25, -0.2) is 4.79 Å². The van der Waals surface area contributed by atoms with E-state index in [1.54, 1.807) is 0 Å². The van der Waals surface area contributed by atoms with Gasteiger partial charge in [0.2, 0.25) is 0 Å². The molecule has 2 aliphatic heterocycles. The van der Waals surface area contributed by atoms with E-state index in [0.29, 0.717) is 13.2 Å². The molecule has 2 rings (SSSR count). The summed E-state index contributed by atoms with van der Waals surface area (Å²) in [5.74, 6) is -0.286. The van der Waals surface area contributed by atoms with Crippen molar-refractivity contribution in [3.63, 3.8) is 0 Å². The van der Waals surface area contributed by atoms with Gasteiger partial charge in [0.15, 0.2) is 6.10 Å². The summed E-state index contributed by atoms with van der Waals surface area (Å²) in [4.78, 5) is 11.2. The lowest BCUT2D eigenvalue weighted by atomic mass is 9.88. The third-order valence-electron chi connectivity index (χ3n) is 3.25. The Bertz CT molecular complexity index is 229. The van der Waals surface area contributed by atoms with Crippen molar-refractivity contribution >= 4 is 5.97 Å². The number of hydrogen-bond donors (Lipinski definition) is 2. The Morgan fingerprint density at radius 2 is 2.20 bits per heavy atom. The smallest absolute Gasteiger partial charge is 0.336 e. The Morgan fingerprint density at radius 3 is 2.73 bits per heavy atom. The molecular weight excluding hydrogens is 196 g/mol. The van der Waals surface area contributed by atoms with Gasteiger partial charge < -0.3 is 20.1 Å². The van der Waals surface area contributed by atoms with E-state index < -0.39 is 6.10 Å². The number of hydrogen-bond acceptors (Lipinski definition) is 5. The lowest BCUT2D eigenvalue weighted by molar-refractivity contribution is -0.159. The van der Waals surface area contributed by atoms with Crippen LogP contribution in [0.15, 0.2) is 0 Å². The minimum absolute atomic E-state index is 0.0791. The van der Waals surface area contributed by atoms with Crippen molar-refractivity contribution in [1.29, 1.82) is 0 Å². The van der Waals surface area contributed by atoms with Gasteiger partial charge in [-0.1, -0.05) is 0 Å². The number of ether oxygens (including phenoxy) is 2. The minimum atomic E-state index is -0.435. The zero-order valence-corrected chi connectivity index (χ0v) is 9.04. The largest absolute Gasteiger partial charge is 0.467 e. The zero-order valence-electron chi connectivity index (χ0n) is 9.04. The van der Waals surface area contributed by atoms with E-state index in [4.69, 9.17) is 4.74 Å². The van der Waals surface area contributed by atoms with Gasteiger partial charge in [-0.3, -0.25) is 0 Å². The number of carbonyl (C=O) groups excluding carboxylic acids is 1. The second-order valence-corrected chi connectivity index (χ2v) is 4.23. The molecule has 0 aliphatic carbocycles. The molecule has 2 N–H and O–H groups in total. The van der Waals surface area contributed by atoms with Gasteiger partial charge in [0.05, 0.1) is 13.7 Å². The molecule has 5 nitrogen and oxygen atoms in total. The first-order valence-corrected chi connectivity index (χ1v) is 5.41. The summed E-state index contributed by atoms with van der Waals surface area (Å²) in [5, 5.41) is 6.75. The highest BCUT2D eigenvalue weighted by Gasteiger charge is 2.38. The van der Waals surface area contributed by atoms with Crippen molar-refractivity contribution < 1.29 is 14.3 Å². The fourth-order valence-electron chi connectivity index (χ4n) is 2.19. The highest BCUT2D eigenvalue weighted by molar-refractivity contribution is 5.75. The van der Waals surface area contributed by atoms with E-state index in [1.165, 1.54) is 7.11 Å². The Labute approximate surface area is 89.5 Å². The molecule has 1 spiro atoms. The molecule has 5 heteroatoms. The van der Waals surface area contributed by atoms with Crippen LogP contribution >= 0.6 is 0 Å². The number of nitrogens with one attached hydrogen (secondary N) is 2. The van der Waals surface area contributed by atoms with Gasteiger partial charge in [0.1, 0.15) is 0 Å². The van der Waals surface area contributed by atoms with Gasteiger partial charge in [0.25, 0.3) is 0 Å². The summed E-state index contributed by atoms with van der Waals surface area (Å²) in [6, 6.07) is 0. The topological polar surface area (TPSA) is 59.6 Å². The average molecular weight is 214 g/mol. The normalized spacial score (nSPS) is 30.1. The van der Waals surface area contributed by atoms with Crippen LogP contribution in [0.2, 0.25) is 0 Å². The van der Waals surface area contributed by atoms with Gasteiger partial charge in [-0.15, -0.1) is 0 Å². The number of carbonyl (C=O) groups is 1. The lowest BCUT2D eigenvalue weighted by Gasteiger charge is -2.43. The maximum atomic E-state index is 11.2. The lowest BCUT2D eigenvalue weighted by Crippen LogP contribution is -2.62. The van der Waals surface area contributed by atoms with Crippen LogP contribution < -0.4 is 10.6 Å². The number of rotatable bonds is 1. The van der Waals surface area contributed by atoms with E-state index >= 15 is 0 Å². The molecule has 15 heavy (non-hydrogen) atoms. The molecule has 1 unspecified atom stereocenters. The molecular formula is C10H18N2O3. The average Bonchev–Trinajstić information content (AvgIpc) is 2.30. The van der Waals surface area contributed by atoms with Gasteiger partial charge >= 0.3 is 5.97 Å². The second-order valence-electron chi connectivity index (χ2n) is 4.23. The molecule has 0 aromatic rings. The predicted molar refractivity (Wildman–Crippen MR) is 54.6 cm³/mol. The van der Waals surface area contributed by atoms with E-state index in [0.717, 1.165) is 25.9 Å². The third-order valence-corrected chi connectivity index (χ3v) is 3.25. The maximum Gasteiger partial charge on any atom is 0.336 e. The van der Waals surface area contributed by atoms with Gasteiger partial charge in [-0.05, 0) is 25.9 Å². The zero-order chi connectivity index (χ0) is 10.7. The van der Waals surface area contributed by atoms with Crippen molar-refractivity contribution in [3.05, 3.63) is 0 Å². The monoisotopic (exact) mass is 214 g/mol. The molecule has 0 aromatic carbocycles. The highest BCUT2D eigenvalue weighted by Crippen LogP contribution is 2.22. The summed E-state index contributed by atoms with van der Waals surface area (Å²) in [6.45, 7) is 3.19. The van der Waals surface area contributed by atoms with Crippen LogP contribution in [0.3, 0.4) is 0 Å². The molecule has 2 heterocycles. The first-order valence-electron chi connectivity index (χ1n) is 5.41. The summed E-state index contributed by atoms with van der Waals surface area (Å²) >= 11 is 0. The Hall–Kier alpha value is -0.650. The molecule has 86 valence electrons. The number of morpholine rings is 1. The fourth-order valence-corrected chi connectivity index (χ4v) is 2.19. The molecule has 2 fully saturated rings. The number of methoxy groups -OCH3 is 1. The molecule has 0 saturated carbocycles. The van der Waals surface area contributed by atoms with E-state index in [2.05, 4.69) is 15.4 Å². The van der Waals surface area contributed by atoms with Gasteiger partial charge in [0, 0.05) is 12.1 Å². The van der Waals surface area contributed by atoms with E-state index in [9.17, 15) is 4.79 Å². The summed E-state index contributed by atoms with van der Waals surface area (Å²) < 4.78 is 10.2. The van der Waals surface area contributed by atoms with Crippen LogP contribution in [-0.4, -0.2) is 51.0 Å². The molecule has 2 aliphatic rings. The molecule has 2 saturated heterocycles. The molecule has 0 radical (unpaired) electrons. The van der Waals surface area contributed by atoms with Crippen LogP contribution in [0.1, 0.15) is 12.8 Å². The SMILES string of the molecule is COC(=O)C1CNC2(CCNCC2)CO1. The minimum Gasteiger partial charge on any atom is -0.467 e. The number of piperidine rings is 1. The highest BCUT2D eigenvalue weighted by atomic mass is 16.6. The number of esters is 1. The van der Waals surface area contributed by atoms with Crippen molar-refractivity contribution in [3.8, 4) is 0 Å². The van der Waals surface area contributed by atoms with Crippen LogP contribution in [0.5, 0.6) is 0 Å². The Kier molecular flexibility index (Phi) is 3.23. The maximum absolute atomic E-state index is 11.2.